The molecular weight excluding hydrogens is 725 g/mol. The number of aryl methyl sites for hydroxylation is 2. The molecule has 0 aromatic heterocycles. The summed E-state index contributed by atoms with van der Waals surface area (Å²) in [6, 6.07) is 67.7. The number of hydrogen-bond acceptors (Lipinski definition) is 2. The Labute approximate surface area is 354 Å². The molecule has 0 heterocycles. The van der Waals surface area contributed by atoms with Gasteiger partial charge in [-0.3, -0.25) is 0 Å². The smallest absolute Gasteiger partial charge is 0.0546 e. The normalized spacial score (nSPS) is 14.1. The Hall–Kier alpha value is -6.90. The minimum Gasteiger partial charge on any atom is -0.310 e. The van der Waals surface area contributed by atoms with Gasteiger partial charge in [-0.2, -0.15) is 0 Å². The summed E-state index contributed by atoms with van der Waals surface area (Å²) in [7, 11) is 0. The number of nitrogens with zero attached hydrogens (tertiary/aromatic N) is 2. The van der Waals surface area contributed by atoms with Gasteiger partial charge in [-0.25, -0.2) is 0 Å². The zero-order valence-corrected chi connectivity index (χ0v) is 35.2. The number of hydrogen-bond donors (Lipinski definition) is 0. The number of para-hydroxylation sites is 2. The van der Waals surface area contributed by atoms with Crippen molar-refractivity contribution in [3.63, 3.8) is 0 Å². The van der Waals surface area contributed by atoms with E-state index in [2.05, 4.69) is 233 Å². The van der Waals surface area contributed by atoms with Crippen LogP contribution in [0.1, 0.15) is 61.1 Å². The largest absolute Gasteiger partial charge is 0.310 e. The third kappa shape index (κ3) is 5.33. The van der Waals surface area contributed by atoms with Crippen LogP contribution in [0, 0.1) is 13.8 Å². The maximum Gasteiger partial charge on any atom is 0.0546 e. The highest BCUT2D eigenvalue weighted by Crippen LogP contribution is 2.60. The lowest BCUT2D eigenvalue weighted by atomic mass is 9.78. The van der Waals surface area contributed by atoms with Gasteiger partial charge in [-0.1, -0.05) is 137 Å². The van der Waals surface area contributed by atoms with Gasteiger partial charge in [0.1, 0.15) is 0 Å². The van der Waals surface area contributed by atoms with E-state index in [0.29, 0.717) is 0 Å². The van der Waals surface area contributed by atoms with Crippen LogP contribution in [0.4, 0.5) is 34.1 Å². The zero-order valence-electron chi connectivity index (χ0n) is 35.2. The van der Waals surface area contributed by atoms with Crippen LogP contribution < -0.4 is 9.80 Å². The molecule has 60 heavy (non-hydrogen) atoms. The Kier molecular flexibility index (Phi) is 8.03. The van der Waals surface area contributed by atoms with Crippen LogP contribution in [-0.4, -0.2) is 0 Å². The molecule has 2 aliphatic carbocycles. The molecule has 0 spiro atoms. The Bertz CT molecular complexity index is 2960. The van der Waals surface area contributed by atoms with E-state index in [1.807, 2.05) is 0 Å². The summed E-state index contributed by atoms with van der Waals surface area (Å²) in [6.45, 7) is 14.1. The Morgan fingerprint density at radius 1 is 0.317 bits per heavy atom. The van der Waals surface area contributed by atoms with Gasteiger partial charge < -0.3 is 9.80 Å². The maximum atomic E-state index is 2.57. The van der Waals surface area contributed by atoms with Crippen LogP contribution in [-0.2, 0) is 10.8 Å². The maximum absolute atomic E-state index is 2.57. The summed E-state index contributed by atoms with van der Waals surface area (Å²) in [5.41, 5.74) is 19.9. The predicted octanol–water partition coefficient (Wildman–Crippen LogP) is 16.2. The molecule has 9 aromatic rings. The van der Waals surface area contributed by atoms with E-state index in [9.17, 15) is 0 Å². The lowest BCUT2D eigenvalue weighted by molar-refractivity contribution is 0.657. The van der Waals surface area contributed by atoms with Gasteiger partial charge >= 0.3 is 0 Å². The molecule has 0 aliphatic heterocycles. The average molecular weight is 773 g/mol. The van der Waals surface area contributed by atoms with Crippen molar-refractivity contribution in [3.8, 4) is 22.3 Å². The van der Waals surface area contributed by atoms with Crippen molar-refractivity contribution in [3.05, 3.63) is 215 Å². The van der Waals surface area contributed by atoms with Crippen LogP contribution in [0.2, 0.25) is 0 Å². The second-order valence-corrected chi connectivity index (χ2v) is 17.9. The molecule has 0 saturated heterocycles. The standard InChI is InChI=1S/C58H48N2/c1-37-19-17-25-41(31-37)59(39-21-9-7-10-22-39)53-35-49-47-33-52-48(34-51(47)57(3,4)55(49)45-29-15-13-27-43(45)53)50-36-54(44-28-14-16-30-46(44)56(50)58(52,5)6)60(40-23-11-8-12-24-40)42-26-18-20-38(2)32-42/h7-36H,1-6H3. The fraction of sp³-hybridized carbons (Fsp3) is 0.138. The van der Waals surface area contributed by atoms with E-state index < -0.39 is 0 Å². The predicted molar refractivity (Wildman–Crippen MR) is 255 cm³/mol. The van der Waals surface area contributed by atoms with Crippen LogP contribution in [0.5, 0.6) is 0 Å². The van der Waals surface area contributed by atoms with Crippen molar-refractivity contribution in [2.75, 3.05) is 9.80 Å². The molecule has 0 amide bonds. The summed E-state index contributed by atoms with van der Waals surface area (Å²) >= 11 is 0. The first-order valence-corrected chi connectivity index (χ1v) is 21.3. The van der Waals surface area contributed by atoms with Crippen LogP contribution >= 0.6 is 0 Å². The van der Waals surface area contributed by atoms with E-state index >= 15 is 0 Å². The molecule has 0 atom stereocenters. The summed E-state index contributed by atoms with van der Waals surface area (Å²) in [5.74, 6) is 0. The van der Waals surface area contributed by atoms with Crippen LogP contribution in [0.3, 0.4) is 0 Å². The van der Waals surface area contributed by atoms with Gasteiger partial charge in [0, 0.05) is 44.4 Å². The lowest BCUT2D eigenvalue weighted by Crippen LogP contribution is -2.18. The van der Waals surface area contributed by atoms with Gasteiger partial charge in [-0.05, 0) is 153 Å². The Morgan fingerprint density at radius 3 is 1.05 bits per heavy atom. The molecule has 290 valence electrons. The molecule has 0 radical (unpaired) electrons. The van der Waals surface area contributed by atoms with Crippen molar-refractivity contribution in [2.45, 2.75) is 52.4 Å². The summed E-state index contributed by atoms with van der Waals surface area (Å²) in [5, 5.41) is 5.14. The van der Waals surface area contributed by atoms with E-state index in [1.54, 1.807) is 0 Å². The number of anilines is 6. The molecule has 2 heteroatoms. The highest BCUT2D eigenvalue weighted by molar-refractivity contribution is 6.10. The average Bonchev–Trinajstić information content (AvgIpc) is 3.62. The van der Waals surface area contributed by atoms with E-state index in [4.69, 9.17) is 0 Å². The third-order valence-corrected chi connectivity index (χ3v) is 13.4. The van der Waals surface area contributed by atoms with Crippen molar-refractivity contribution in [2.24, 2.45) is 0 Å². The van der Waals surface area contributed by atoms with Crippen LogP contribution in [0.25, 0.3) is 43.8 Å². The lowest BCUT2D eigenvalue weighted by Gasteiger charge is -2.30. The SMILES string of the molecule is Cc1cccc(N(c2ccccc2)c2cc3c(c4ccccc24)C(C)(C)c2cc4c(cc2-3)C(C)(C)c2c-4cc(N(c3ccccc3)c3cccc(C)c3)c3ccccc23)c1. The highest BCUT2D eigenvalue weighted by atomic mass is 15.1. The van der Waals surface area contributed by atoms with Gasteiger partial charge in [0.05, 0.1) is 11.4 Å². The minimum atomic E-state index is -0.233. The molecule has 2 aliphatic rings. The number of benzene rings is 9. The van der Waals surface area contributed by atoms with Gasteiger partial charge in [0.15, 0.2) is 0 Å². The molecule has 2 nitrogen and oxygen atoms in total. The van der Waals surface area contributed by atoms with E-state index in [0.717, 1.165) is 22.7 Å². The second-order valence-electron chi connectivity index (χ2n) is 17.9. The number of rotatable bonds is 6. The molecular formula is C58H48N2. The highest BCUT2D eigenvalue weighted by Gasteiger charge is 2.44. The van der Waals surface area contributed by atoms with Crippen molar-refractivity contribution < 1.29 is 0 Å². The minimum absolute atomic E-state index is 0.233. The molecule has 0 bridgehead atoms. The topological polar surface area (TPSA) is 6.48 Å². The fourth-order valence-corrected chi connectivity index (χ4v) is 10.7. The Morgan fingerprint density at radius 2 is 0.667 bits per heavy atom. The van der Waals surface area contributed by atoms with Gasteiger partial charge in [-0.15, -0.1) is 0 Å². The first kappa shape index (κ1) is 36.2. The second kappa shape index (κ2) is 13.3. The van der Waals surface area contributed by atoms with Crippen molar-refractivity contribution >= 4 is 55.7 Å². The number of fused-ring (bicyclic) bond motifs is 10. The summed E-state index contributed by atoms with van der Waals surface area (Å²) in [6.07, 6.45) is 0. The fourth-order valence-electron chi connectivity index (χ4n) is 10.7. The first-order chi connectivity index (χ1) is 29.1. The summed E-state index contributed by atoms with van der Waals surface area (Å²) < 4.78 is 0. The van der Waals surface area contributed by atoms with Gasteiger partial charge in [0.25, 0.3) is 0 Å². The monoisotopic (exact) mass is 772 g/mol. The molecule has 0 unspecified atom stereocenters. The zero-order chi connectivity index (χ0) is 40.9. The van der Waals surface area contributed by atoms with Gasteiger partial charge in [0.2, 0.25) is 0 Å². The quantitative estimate of drug-likeness (QED) is 0.166. The molecule has 9 aromatic carbocycles. The van der Waals surface area contributed by atoms with Crippen molar-refractivity contribution in [1.29, 1.82) is 0 Å². The molecule has 0 saturated carbocycles. The molecule has 11 rings (SSSR count). The summed E-state index contributed by atoms with van der Waals surface area (Å²) in [4.78, 5) is 4.91. The first-order valence-electron chi connectivity index (χ1n) is 21.3. The van der Waals surface area contributed by atoms with E-state index in [1.165, 1.54) is 88.6 Å². The third-order valence-electron chi connectivity index (χ3n) is 13.4. The van der Waals surface area contributed by atoms with E-state index in [-0.39, 0.29) is 10.8 Å². The van der Waals surface area contributed by atoms with Crippen molar-refractivity contribution in [1.82, 2.24) is 0 Å². The van der Waals surface area contributed by atoms with Crippen LogP contribution in [0.15, 0.2) is 182 Å². The molecule has 0 fully saturated rings. The molecule has 0 N–H and O–H groups in total. The Balaban J connectivity index is 1.17.